The number of fused-ring (bicyclic) bond motifs is 2. The Hall–Kier alpha value is -3.28. The van der Waals surface area contributed by atoms with Gasteiger partial charge in [-0.05, 0) is 57.0 Å². The molecule has 1 unspecified atom stereocenters. The van der Waals surface area contributed by atoms with Crippen LogP contribution in [0.5, 0.6) is 0 Å². The van der Waals surface area contributed by atoms with E-state index in [4.69, 9.17) is 0 Å². The number of piperidine rings is 1. The van der Waals surface area contributed by atoms with E-state index in [0.29, 0.717) is 6.54 Å². The average molecular weight is 385 g/mol. The molecular weight excluding hydrogens is 362 g/mol. The molecule has 6 heteroatoms. The van der Waals surface area contributed by atoms with Gasteiger partial charge in [-0.25, -0.2) is 0 Å². The highest BCUT2D eigenvalue weighted by atomic mass is 16.2. The number of aromatic nitrogens is 4. The first-order valence-electron chi connectivity index (χ1n) is 10.1. The van der Waals surface area contributed by atoms with Crippen molar-refractivity contribution in [1.82, 2.24) is 24.5 Å². The van der Waals surface area contributed by atoms with Crippen molar-refractivity contribution in [1.29, 1.82) is 0 Å². The van der Waals surface area contributed by atoms with Crippen LogP contribution in [0.15, 0.2) is 48.7 Å². The van der Waals surface area contributed by atoms with Crippen LogP contribution >= 0.6 is 0 Å². The van der Waals surface area contributed by atoms with Gasteiger partial charge >= 0.3 is 0 Å². The van der Waals surface area contributed by atoms with Crippen LogP contribution in [0.4, 0.5) is 0 Å². The number of benzene rings is 1. The van der Waals surface area contributed by atoms with Gasteiger partial charge in [-0.3, -0.25) is 14.2 Å². The normalized spacial score (nSPS) is 17.2. The Labute approximate surface area is 169 Å². The van der Waals surface area contributed by atoms with Gasteiger partial charge in [-0.2, -0.15) is 0 Å². The van der Waals surface area contributed by atoms with E-state index in [1.807, 2.05) is 65.7 Å². The number of pyridine rings is 2. The number of rotatable bonds is 2. The van der Waals surface area contributed by atoms with Crippen molar-refractivity contribution in [2.45, 2.75) is 32.6 Å². The van der Waals surface area contributed by atoms with Crippen LogP contribution in [0, 0.1) is 13.8 Å². The molecule has 0 saturated carbocycles. The number of carbonyl (C=O) groups is 1. The standard InChI is InChI=1S/C23H23N5O/c1-15-8-9-20-18(12-15)19(13-16(2)24-20)23(29)27-10-5-6-17(14-27)22-26-25-21-7-3-4-11-28(21)22/h3-4,7-9,11-13,17H,5-6,10,14H2,1-2H3. The molecule has 1 aromatic carbocycles. The molecular formula is C23H23N5O. The van der Waals surface area contributed by atoms with Gasteiger partial charge in [0.05, 0.1) is 11.1 Å². The fourth-order valence-electron chi connectivity index (χ4n) is 4.33. The minimum atomic E-state index is 0.0737. The quantitative estimate of drug-likeness (QED) is 0.525. The Balaban J connectivity index is 1.49. The molecule has 0 radical (unpaired) electrons. The molecule has 1 aliphatic rings. The smallest absolute Gasteiger partial charge is 0.254 e. The summed E-state index contributed by atoms with van der Waals surface area (Å²) in [5.41, 5.74) is 4.45. The van der Waals surface area contributed by atoms with Crippen LogP contribution in [0.2, 0.25) is 0 Å². The van der Waals surface area contributed by atoms with Gasteiger partial charge < -0.3 is 4.90 Å². The molecule has 0 bridgehead atoms. The largest absolute Gasteiger partial charge is 0.338 e. The molecule has 1 fully saturated rings. The second-order valence-corrected chi connectivity index (χ2v) is 7.91. The number of amides is 1. The van der Waals surface area contributed by atoms with E-state index in [2.05, 4.69) is 21.2 Å². The lowest BCUT2D eigenvalue weighted by atomic mass is 9.96. The first-order valence-corrected chi connectivity index (χ1v) is 10.1. The van der Waals surface area contributed by atoms with Gasteiger partial charge in [0, 0.05) is 36.3 Å². The number of carbonyl (C=O) groups excluding carboxylic acids is 1. The average Bonchev–Trinajstić information content (AvgIpc) is 3.17. The topological polar surface area (TPSA) is 63.4 Å². The van der Waals surface area contributed by atoms with Gasteiger partial charge in [-0.15, -0.1) is 10.2 Å². The number of likely N-dealkylation sites (tertiary alicyclic amines) is 1. The number of hydrogen-bond donors (Lipinski definition) is 0. The maximum Gasteiger partial charge on any atom is 0.254 e. The first-order chi connectivity index (χ1) is 14.1. The molecule has 3 aromatic heterocycles. The molecule has 0 spiro atoms. The fraction of sp³-hybridized carbons (Fsp3) is 0.304. The summed E-state index contributed by atoms with van der Waals surface area (Å²) in [6, 6.07) is 13.9. The molecule has 0 aliphatic carbocycles. The third kappa shape index (κ3) is 3.14. The number of hydrogen-bond acceptors (Lipinski definition) is 4. The minimum absolute atomic E-state index is 0.0737. The molecule has 1 amide bonds. The van der Waals surface area contributed by atoms with E-state index in [0.717, 1.165) is 58.6 Å². The van der Waals surface area contributed by atoms with Crippen LogP contribution in [-0.2, 0) is 0 Å². The van der Waals surface area contributed by atoms with Gasteiger partial charge in [0.25, 0.3) is 5.91 Å². The van der Waals surface area contributed by atoms with E-state index in [9.17, 15) is 4.79 Å². The lowest BCUT2D eigenvalue weighted by molar-refractivity contribution is 0.0706. The monoisotopic (exact) mass is 385 g/mol. The predicted molar refractivity (Wildman–Crippen MR) is 112 cm³/mol. The van der Waals surface area contributed by atoms with Crippen molar-refractivity contribution in [3.63, 3.8) is 0 Å². The van der Waals surface area contributed by atoms with Crippen molar-refractivity contribution in [2.75, 3.05) is 13.1 Å². The van der Waals surface area contributed by atoms with Crippen molar-refractivity contribution in [3.05, 3.63) is 71.3 Å². The predicted octanol–water partition coefficient (Wildman–Crippen LogP) is 3.91. The Morgan fingerprint density at radius 1 is 1.10 bits per heavy atom. The van der Waals surface area contributed by atoms with Gasteiger partial charge in [0.2, 0.25) is 0 Å². The van der Waals surface area contributed by atoms with Crippen molar-refractivity contribution in [3.8, 4) is 0 Å². The van der Waals surface area contributed by atoms with Crippen LogP contribution < -0.4 is 0 Å². The summed E-state index contributed by atoms with van der Waals surface area (Å²) in [4.78, 5) is 20.1. The second kappa shape index (κ2) is 6.95. The summed E-state index contributed by atoms with van der Waals surface area (Å²) in [7, 11) is 0. The minimum Gasteiger partial charge on any atom is -0.338 e. The van der Waals surface area contributed by atoms with Crippen LogP contribution in [0.1, 0.15) is 46.2 Å². The zero-order valence-corrected chi connectivity index (χ0v) is 16.7. The Morgan fingerprint density at radius 2 is 2.00 bits per heavy atom. The second-order valence-electron chi connectivity index (χ2n) is 7.91. The highest BCUT2D eigenvalue weighted by molar-refractivity contribution is 6.06. The van der Waals surface area contributed by atoms with Gasteiger partial charge in [0.1, 0.15) is 5.82 Å². The summed E-state index contributed by atoms with van der Waals surface area (Å²) in [5.74, 6) is 1.19. The van der Waals surface area contributed by atoms with E-state index in [1.165, 1.54) is 0 Å². The summed E-state index contributed by atoms with van der Waals surface area (Å²) in [6.07, 6.45) is 3.96. The molecule has 5 rings (SSSR count). The van der Waals surface area contributed by atoms with E-state index >= 15 is 0 Å². The molecule has 1 aliphatic heterocycles. The molecule has 146 valence electrons. The maximum atomic E-state index is 13.5. The highest BCUT2D eigenvalue weighted by Crippen LogP contribution is 2.29. The van der Waals surface area contributed by atoms with E-state index in [1.54, 1.807) is 0 Å². The Morgan fingerprint density at radius 3 is 2.90 bits per heavy atom. The lowest BCUT2D eigenvalue weighted by Crippen LogP contribution is -2.39. The maximum absolute atomic E-state index is 13.5. The Kier molecular flexibility index (Phi) is 4.27. The summed E-state index contributed by atoms with van der Waals surface area (Å²) in [5, 5.41) is 9.64. The summed E-state index contributed by atoms with van der Waals surface area (Å²) in [6.45, 7) is 5.41. The fourth-order valence-corrected chi connectivity index (χ4v) is 4.33. The number of nitrogens with zero attached hydrogens (tertiary/aromatic N) is 5. The van der Waals surface area contributed by atoms with Crippen molar-refractivity contribution in [2.24, 2.45) is 0 Å². The molecule has 1 atom stereocenters. The van der Waals surface area contributed by atoms with Crippen molar-refractivity contribution < 1.29 is 4.79 Å². The third-order valence-corrected chi connectivity index (χ3v) is 5.74. The first kappa shape index (κ1) is 17.8. The zero-order valence-electron chi connectivity index (χ0n) is 16.7. The summed E-state index contributed by atoms with van der Waals surface area (Å²) >= 11 is 0. The molecule has 4 aromatic rings. The van der Waals surface area contributed by atoms with Crippen LogP contribution in [-0.4, -0.2) is 43.5 Å². The van der Waals surface area contributed by atoms with E-state index < -0.39 is 0 Å². The Bertz CT molecular complexity index is 1230. The SMILES string of the molecule is Cc1ccc2nc(C)cc(C(=O)N3CCCC(c4nnc5ccccn45)C3)c2c1. The van der Waals surface area contributed by atoms with Crippen molar-refractivity contribution >= 4 is 22.5 Å². The third-order valence-electron chi connectivity index (χ3n) is 5.74. The summed E-state index contributed by atoms with van der Waals surface area (Å²) < 4.78 is 2.04. The van der Waals surface area contributed by atoms with Gasteiger partial charge in [0.15, 0.2) is 5.65 Å². The van der Waals surface area contributed by atoms with Crippen LogP contribution in [0.3, 0.4) is 0 Å². The molecule has 6 nitrogen and oxygen atoms in total. The molecule has 4 heterocycles. The molecule has 0 N–H and O–H groups in total. The van der Waals surface area contributed by atoms with Crippen LogP contribution in [0.25, 0.3) is 16.6 Å². The molecule has 29 heavy (non-hydrogen) atoms. The number of aryl methyl sites for hydroxylation is 2. The lowest BCUT2D eigenvalue weighted by Gasteiger charge is -2.32. The zero-order chi connectivity index (χ0) is 20.0. The highest BCUT2D eigenvalue weighted by Gasteiger charge is 2.29. The van der Waals surface area contributed by atoms with Gasteiger partial charge in [-0.1, -0.05) is 17.7 Å². The van der Waals surface area contributed by atoms with E-state index in [-0.39, 0.29) is 11.8 Å². The molecule has 1 saturated heterocycles.